The van der Waals surface area contributed by atoms with E-state index in [2.05, 4.69) is 31.1 Å². The Hall–Kier alpha value is -3.44. The number of ether oxygens (including phenoxy) is 5. The van der Waals surface area contributed by atoms with Crippen LogP contribution in [0.15, 0.2) is 34.8 Å². The molecule has 0 aromatic heterocycles. The summed E-state index contributed by atoms with van der Waals surface area (Å²) in [5.41, 5.74) is 12.3. The standard InChI is InChI=1S/C21H32FN6O12P/c1-12(2)38-19(30)33-10-36-41(32,37-11-34-20(31)39-13(3)4)35-9-21(8-25-27-24)17(29)16(22)18(40-21)28-7-6-15(23)26-14(28)5/h6-7,12-13,16-18,29H,5,8-11H2,1-4H3,(H2,23,26)/t16-,17+,18-,21-/m1/s1. The molecule has 0 saturated carbocycles. The Labute approximate surface area is 234 Å². The molecule has 0 aromatic carbocycles. The molecule has 0 unspecified atom stereocenters. The number of halogens is 1. The molecule has 0 radical (unpaired) electrons. The van der Waals surface area contributed by atoms with Crippen molar-refractivity contribution in [3.8, 4) is 0 Å². The highest BCUT2D eigenvalue weighted by Gasteiger charge is 2.58. The number of hydrogen-bond acceptors (Lipinski definition) is 16. The molecule has 0 spiro atoms. The maximum absolute atomic E-state index is 15.3. The molecule has 41 heavy (non-hydrogen) atoms. The monoisotopic (exact) mass is 610 g/mol. The van der Waals surface area contributed by atoms with Gasteiger partial charge in [-0.1, -0.05) is 11.7 Å². The number of alkyl halides is 1. The highest BCUT2D eigenvalue weighted by Crippen LogP contribution is 2.51. The first-order chi connectivity index (χ1) is 19.2. The van der Waals surface area contributed by atoms with E-state index in [1.165, 1.54) is 12.3 Å². The molecule has 2 heterocycles. The third kappa shape index (κ3) is 9.86. The van der Waals surface area contributed by atoms with Crippen molar-refractivity contribution in [1.29, 1.82) is 0 Å². The van der Waals surface area contributed by atoms with Crippen molar-refractivity contribution in [1.82, 2.24) is 4.90 Å². The molecule has 20 heteroatoms. The molecular formula is C21H32FN6O12P. The van der Waals surface area contributed by atoms with Crippen LogP contribution in [0.4, 0.5) is 14.0 Å². The largest absolute Gasteiger partial charge is 0.510 e. The van der Waals surface area contributed by atoms with Crippen molar-refractivity contribution in [2.45, 2.75) is 64.0 Å². The Morgan fingerprint density at radius 3 is 2.29 bits per heavy atom. The Kier molecular flexibility index (Phi) is 12.3. The summed E-state index contributed by atoms with van der Waals surface area (Å²) in [6.07, 6.45) is -6.57. The number of nitrogens with two attached hydrogens (primary N) is 1. The average molecular weight is 610 g/mol. The zero-order valence-electron chi connectivity index (χ0n) is 22.7. The van der Waals surface area contributed by atoms with Gasteiger partial charge in [0.05, 0.1) is 25.4 Å². The van der Waals surface area contributed by atoms with Crippen molar-refractivity contribution < 1.29 is 60.9 Å². The smallest absolute Gasteiger partial charge is 0.432 e. The molecule has 2 aliphatic rings. The van der Waals surface area contributed by atoms with Gasteiger partial charge in [0.25, 0.3) is 0 Å². The fourth-order valence-corrected chi connectivity index (χ4v) is 4.19. The summed E-state index contributed by atoms with van der Waals surface area (Å²) in [6, 6.07) is 0. The van der Waals surface area contributed by atoms with E-state index in [0.717, 1.165) is 4.90 Å². The van der Waals surface area contributed by atoms with Crippen LogP contribution in [0.1, 0.15) is 27.7 Å². The molecule has 2 rings (SSSR count). The number of aliphatic imine (C=N–C) groups is 1. The molecule has 3 N–H and O–H groups in total. The van der Waals surface area contributed by atoms with Crippen LogP contribution in [0.5, 0.6) is 0 Å². The SMILES string of the molecule is C=C1N=C(N)C=CN1[C@@H]1O[C@](CN=[N+]=[N-])(COP(=O)(OCOC(=O)OC(C)C)OCOC(=O)OC(C)C)[C@@H](O)[C@H]1F. The molecule has 4 atom stereocenters. The van der Waals surface area contributed by atoms with Crippen LogP contribution in [0, 0.1) is 0 Å². The van der Waals surface area contributed by atoms with E-state index in [9.17, 15) is 19.3 Å². The average Bonchev–Trinajstić information content (AvgIpc) is 3.11. The first-order valence-corrected chi connectivity index (χ1v) is 13.4. The number of carbonyl (C=O) groups excluding carboxylic acids is 2. The van der Waals surface area contributed by atoms with Crippen LogP contribution in [-0.2, 0) is 41.8 Å². The number of phosphoric ester groups is 1. The molecule has 0 bridgehead atoms. The van der Waals surface area contributed by atoms with E-state index in [4.69, 9.17) is 39.0 Å². The lowest BCUT2D eigenvalue weighted by Crippen LogP contribution is -2.48. The van der Waals surface area contributed by atoms with Gasteiger partial charge in [-0.25, -0.2) is 32.6 Å². The third-order valence-corrected chi connectivity index (χ3v) is 6.30. The first kappa shape index (κ1) is 33.8. The maximum Gasteiger partial charge on any atom is 0.510 e. The summed E-state index contributed by atoms with van der Waals surface area (Å²) >= 11 is 0. The minimum Gasteiger partial charge on any atom is -0.432 e. The number of aliphatic hydroxyl groups is 1. The summed E-state index contributed by atoms with van der Waals surface area (Å²) < 4.78 is 68.3. The van der Waals surface area contributed by atoms with Gasteiger partial charge in [-0.05, 0) is 39.3 Å². The van der Waals surface area contributed by atoms with E-state index in [1.54, 1.807) is 27.7 Å². The zero-order valence-corrected chi connectivity index (χ0v) is 23.5. The minimum atomic E-state index is -4.84. The predicted molar refractivity (Wildman–Crippen MR) is 135 cm³/mol. The second-order valence-corrected chi connectivity index (χ2v) is 10.5. The van der Waals surface area contributed by atoms with Gasteiger partial charge < -0.3 is 39.4 Å². The van der Waals surface area contributed by atoms with Crippen LogP contribution in [0.25, 0.3) is 10.4 Å². The van der Waals surface area contributed by atoms with E-state index < -0.39 is 83.2 Å². The zero-order chi connectivity index (χ0) is 30.8. The number of hydrogen-bond donors (Lipinski definition) is 2. The highest BCUT2D eigenvalue weighted by atomic mass is 31.2. The van der Waals surface area contributed by atoms with Crippen LogP contribution in [-0.4, -0.2) is 91.2 Å². The summed E-state index contributed by atoms with van der Waals surface area (Å²) in [6.45, 7) is 6.09. The summed E-state index contributed by atoms with van der Waals surface area (Å²) in [4.78, 5) is 30.9. The Morgan fingerprint density at radius 1 is 1.24 bits per heavy atom. The lowest BCUT2D eigenvalue weighted by atomic mass is 9.97. The van der Waals surface area contributed by atoms with E-state index >= 15 is 4.39 Å². The molecule has 0 aliphatic carbocycles. The predicted octanol–water partition coefficient (Wildman–Crippen LogP) is 2.94. The second kappa shape index (κ2) is 15.0. The van der Waals surface area contributed by atoms with Gasteiger partial charge in [0.15, 0.2) is 12.4 Å². The normalized spacial score (nSPS) is 24.2. The first-order valence-electron chi connectivity index (χ1n) is 11.9. The molecule has 1 saturated heterocycles. The van der Waals surface area contributed by atoms with Gasteiger partial charge in [0.1, 0.15) is 23.4 Å². The molecule has 0 aromatic rings. The number of carbonyl (C=O) groups is 2. The number of amidine groups is 1. The molecular weight excluding hydrogens is 578 g/mol. The molecule has 0 amide bonds. The summed E-state index contributed by atoms with van der Waals surface area (Å²) in [7, 11) is -4.84. The number of phosphoric acid groups is 1. The van der Waals surface area contributed by atoms with Gasteiger partial charge in [0, 0.05) is 11.1 Å². The van der Waals surface area contributed by atoms with Crippen molar-refractivity contribution in [3.63, 3.8) is 0 Å². The van der Waals surface area contributed by atoms with Gasteiger partial charge in [0.2, 0.25) is 13.6 Å². The van der Waals surface area contributed by atoms with E-state index in [0.29, 0.717) is 0 Å². The quantitative estimate of drug-likeness (QED) is 0.0718. The number of nitrogens with zero attached hydrogens (tertiary/aromatic N) is 5. The second-order valence-electron chi connectivity index (χ2n) is 8.86. The lowest BCUT2D eigenvalue weighted by Gasteiger charge is -2.33. The topological polar surface area (TPSA) is 236 Å². The molecule has 2 aliphatic heterocycles. The maximum atomic E-state index is 15.3. The number of aliphatic hydroxyl groups excluding tert-OH is 1. The number of rotatable bonds is 14. The van der Waals surface area contributed by atoms with Crippen molar-refractivity contribution >= 4 is 26.0 Å². The van der Waals surface area contributed by atoms with Crippen LogP contribution in [0.2, 0.25) is 0 Å². The molecule has 18 nitrogen and oxygen atoms in total. The van der Waals surface area contributed by atoms with Gasteiger partial charge in [-0.2, -0.15) is 0 Å². The third-order valence-electron chi connectivity index (χ3n) is 5.01. The van der Waals surface area contributed by atoms with Gasteiger partial charge >= 0.3 is 20.1 Å². The summed E-state index contributed by atoms with van der Waals surface area (Å²) in [5.74, 6) is 0.0525. The van der Waals surface area contributed by atoms with Crippen molar-refractivity contribution in [2.24, 2.45) is 15.8 Å². The summed E-state index contributed by atoms with van der Waals surface area (Å²) in [5, 5.41) is 14.1. The fraction of sp³-hybridized carbons (Fsp3) is 0.667. The molecule has 230 valence electrons. The Morgan fingerprint density at radius 2 is 1.80 bits per heavy atom. The Balaban J connectivity index is 2.22. The highest BCUT2D eigenvalue weighted by molar-refractivity contribution is 7.48. The van der Waals surface area contributed by atoms with Crippen LogP contribution >= 0.6 is 7.82 Å². The van der Waals surface area contributed by atoms with Crippen molar-refractivity contribution in [3.05, 3.63) is 35.1 Å². The minimum absolute atomic E-state index is 0.0291. The van der Waals surface area contributed by atoms with Crippen LogP contribution in [0.3, 0.4) is 0 Å². The van der Waals surface area contributed by atoms with Gasteiger partial charge in [-0.3, -0.25) is 4.52 Å². The van der Waals surface area contributed by atoms with Gasteiger partial charge in [-0.15, -0.1) is 0 Å². The molecule has 1 fully saturated rings. The van der Waals surface area contributed by atoms with Crippen LogP contribution < -0.4 is 5.73 Å². The van der Waals surface area contributed by atoms with Crippen molar-refractivity contribution in [2.75, 3.05) is 26.7 Å². The van der Waals surface area contributed by atoms with E-state index in [1.807, 2.05) is 0 Å². The fourth-order valence-electron chi connectivity index (χ4n) is 3.23. The Bertz CT molecular complexity index is 1080. The van der Waals surface area contributed by atoms with E-state index in [-0.39, 0.29) is 11.7 Å². The lowest BCUT2D eigenvalue weighted by molar-refractivity contribution is -0.130. The number of azide groups is 1.